The van der Waals surface area contributed by atoms with Gasteiger partial charge in [-0.05, 0) is 68.1 Å². The normalized spacial score (nSPS) is 16.8. The van der Waals surface area contributed by atoms with Gasteiger partial charge in [-0.15, -0.1) is 0 Å². The molecular formula is C26H27N5O2. The van der Waals surface area contributed by atoms with Crippen LogP contribution in [0.2, 0.25) is 0 Å². The third-order valence-corrected chi connectivity index (χ3v) is 6.28. The summed E-state index contributed by atoms with van der Waals surface area (Å²) in [6.45, 7) is 3.93. The van der Waals surface area contributed by atoms with Gasteiger partial charge in [0.2, 0.25) is 0 Å². The fourth-order valence-electron chi connectivity index (χ4n) is 4.39. The average molecular weight is 442 g/mol. The Morgan fingerprint density at radius 1 is 1.00 bits per heavy atom. The lowest BCUT2D eigenvalue weighted by Gasteiger charge is -2.38. The Labute approximate surface area is 193 Å². The molecule has 7 nitrogen and oxygen atoms in total. The van der Waals surface area contributed by atoms with Gasteiger partial charge in [-0.25, -0.2) is 9.97 Å². The van der Waals surface area contributed by atoms with Crippen molar-refractivity contribution in [3.63, 3.8) is 0 Å². The van der Waals surface area contributed by atoms with Crippen molar-refractivity contribution in [3.8, 4) is 17.0 Å². The Bertz CT molecular complexity index is 1300. The van der Waals surface area contributed by atoms with E-state index in [1.54, 1.807) is 13.2 Å². The molecule has 7 heteroatoms. The molecule has 0 unspecified atom stereocenters. The van der Waals surface area contributed by atoms with E-state index in [4.69, 9.17) is 9.72 Å². The van der Waals surface area contributed by atoms with Crippen molar-refractivity contribution >= 4 is 11.6 Å². The van der Waals surface area contributed by atoms with Crippen molar-refractivity contribution < 1.29 is 9.53 Å². The summed E-state index contributed by atoms with van der Waals surface area (Å²) in [4.78, 5) is 26.6. The predicted molar refractivity (Wildman–Crippen MR) is 127 cm³/mol. The molecule has 1 aliphatic heterocycles. The minimum Gasteiger partial charge on any atom is -0.497 e. The van der Waals surface area contributed by atoms with Crippen LogP contribution in [-0.4, -0.2) is 63.9 Å². The van der Waals surface area contributed by atoms with E-state index in [2.05, 4.69) is 45.7 Å². The van der Waals surface area contributed by atoms with Crippen LogP contribution in [-0.2, 0) is 0 Å². The number of benzene rings is 1. The van der Waals surface area contributed by atoms with Gasteiger partial charge in [-0.1, -0.05) is 12.1 Å². The molecule has 0 bridgehead atoms. The molecule has 1 aliphatic rings. The van der Waals surface area contributed by atoms with Crippen LogP contribution in [0.3, 0.4) is 0 Å². The third-order valence-electron chi connectivity index (χ3n) is 6.28. The second-order valence-corrected chi connectivity index (χ2v) is 8.45. The molecule has 4 aromatic rings. The van der Waals surface area contributed by atoms with Gasteiger partial charge in [0.1, 0.15) is 17.1 Å². The van der Waals surface area contributed by atoms with Crippen LogP contribution < -0.4 is 4.74 Å². The number of fused-ring (bicyclic) bond motifs is 1. The zero-order chi connectivity index (χ0) is 22.9. The SMILES string of the molecule is COc1ccc(-c2cccc3nc([C@H]4CN(C(=O)c5cccc(C)n5)CCN4C)cn23)cc1. The van der Waals surface area contributed by atoms with Crippen molar-refractivity contribution in [2.75, 3.05) is 33.8 Å². The van der Waals surface area contributed by atoms with E-state index in [1.807, 2.05) is 48.2 Å². The fraction of sp³-hybridized carbons (Fsp3) is 0.269. The first-order valence-corrected chi connectivity index (χ1v) is 11.1. The lowest BCUT2D eigenvalue weighted by atomic mass is 10.1. The number of hydrogen-bond acceptors (Lipinski definition) is 5. The number of aromatic nitrogens is 3. The zero-order valence-electron chi connectivity index (χ0n) is 19.1. The number of carbonyl (C=O) groups is 1. The highest BCUT2D eigenvalue weighted by atomic mass is 16.5. The molecule has 0 radical (unpaired) electrons. The number of pyridine rings is 2. The number of methoxy groups -OCH3 is 1. The largest absolute Gasteiger partial charge is 0.497 e. The second kappa shape index (κ2) is 8.67. The Balaban J connectivity index is 1.45. The van der Waals surface area contributed by atoms with E-state index in [-0.39, 0.29) is 11.9 Å². The van der Waals surface area contributed by atoms with E-state index < -0.39 is 0 Å². The van der Waals surface area contributed by atoms with Gasteiger partial charge in [-0.3, -0.25) is 14.1 Å². The zero-order valence-corrected chi connectivity index (χ0v) is 19.1. The van der Waals surface area contributed by atoms with E-state index in [9.17, 15) is 4.79 Å². The van der Waals surface area contributed by atoms with E-state index in [0.29, 0.717) is 18.8 Å². The van der Waals surface area contributed by atoms with Crippen LogP contribution in [0, 0.1) is 6.92 Å². The highest BCUT2D eigenvalue weighted by Gasteiger charge is 2.31. The third kappa shape index (κ3) is 4.07. The van der Waals surface area contributed by atoms with Crippen LogP contribution in [0.25, 0.3) is 16.9 Å². The lowest BCUT2D eigenvalue weighted by molar-refractivity contribution is 0.0535. The summed E-state index contributed by atoms with van der Waals surface area (Å²) in [6, 6.07) is 19.7. The maximum atomic E-state index is 13.1. The Morgan fingerprint density at radius 2 is 1.79 bits per heavy atom. The molecule has 168 valence electrons. The summed E-state index contributed by atoms with van der Waals surface area (Å²) in [5.41, 5.74) is 5.32. The number of likely N-dealkylation sites (N-methyl/N-ethyl adjacent to an activating group) is 1. The molecule has 0 saturated carbocycles. The molecule has 33 heavy (non-hydrogen) atoms. The first-order valence-electron chi connectivity index (χ1n) is 11.1. The van der Waals surface area contributed by atoms with Crippen molar-refractivity contribution in [1.29, 1.82) is 0 Å². The highest BCUT2D eigenvalue weighted by molar-refractivity contribution is 5.92. The summed E-state index contributed by atoms with van der Waals surface area (Å²) in [5, 5.41) is 0. The average Bonchev–Trinajstić information content (AvgIpc) is 3.28. The lowest BCUT2D eigenvalue weighted by Crippen LogP contribution is -2.49. The molecule has 1 aromatic carbocycles. The molecule has 1 fully saturated rings. The standard InChI is InChI=1S/C26H27N5O2/c1-18-6-4-7-21(27-18)26(32)30-15-14-29(2)24(17-30)22-16-31-23(8-5-9-25(31)28-22)19-10-12-20(33-3)13-11-19/h4-13,16,24H,14-15,17H2,1-3H3/t24-/m1/s1. The number of aryl methyl sites for hydroxylation is 1. The smallest absolute Gasteiger partial charge is 0.272 e. The van der Waals surface area contributed by atoms with Crippen LogP contribution in [0.5, 0.6) is 5.75 Å². The Kier molecular flexibility index (Phi) is 5.56. The van der Waals surface area contributed by atoms with E-state index >= 15 is 0 Å². The summed E-state index contributed by atoms with van der Waals surface area (Å²) in [5.74, 6) is 0.799. The maximum absolute atomic E-state index is 13.1. The van der Waals surface area contributed by atoms with Crippen molar-refractivity contribution in [2.24, 2.45) is 0 Å². The Morgan fingerprint density at radius 3 is 2.55 bits per heavy atom. The number of piperazine rings is 1. The molecule has 4 heterocycles. The number of hydrogen-bond donors (Lipinski definition) is 0. The number of nitrogens with zero attached hydrogens (tertiary/aromatic N) is 5. The van der Waals surface area contributed by atoms with Gasteiger partial charge in [0.05, 0.1) is 24.5 Å². The number of ether oxygens (including phenoxy) is 1. The highest BCUT2D eigenvalue weighted by Crippen LogP contribution is 2.28. The van der Waals surface area contributed by atoms with Crippen LogP contribution in [0.1, 0.15) is 27.9 Å². The molecule has 1 amide bonds. The monoisotopic (exact) mass is 441 g/mol. The summed E-state index contributed by atoms with van der Waals surface area (Å²) >= 11 is 0. The minimum atomic E-state index is -0.0283. The molecular weight excluding hydrogens is 414 g/mol. The quantitative estimate of drug-likeness (QED) is 0.482. The number of carbonyl (C=O) groups excluding carboxylic acids is 1. The van der Waals surface area contributed by atoms with Crippen molar-refractivity contribution in [1.82, 2.24) is 24.2 Å². The topological polar surface area (TPSA) is 63.0 Å². The van der Waals surface area contributed by atoms with E-state index in [1.165, 1.54) is 0 Å². The van der Waals surface area contributed by atoms with Crippen molar-refractivity contribution in [2.45, 2.75) is 13.0 Å². The van der Waals surface area contributed by atoms with Crippen molar-refractivity contribution in [3.05, 3.63) is 83.9 Å². The van der Waals surface area contributed by atoms with Crippen LogP contribution >= 0.6 is 0 Å². The molecule has 0 spiro atoms. The molecule has 0 aliphatic carbocycles. The predicted octanol–water partition coefficient (Wildman–Crippen LogP) is 3.84. The second-order valence-electron chi connectivity index (χ2n) is 8.45. The number of rotatable bonds is 4. The first kappa shape index (κ1) is 21.2. The molecule has 1 saturated heterocycles. The number of amides is 1. The Hall–Kier alpha value is -3.71. The van der Waals surface area contributed by atoms with Gasteiger partial charge in [-0.2, -0.15) is 0 Å². The minimum absolute atomic E-state index is 0.0103. The molecule has 5 rings (SSSR count). The molecule has 3 aromatic heterocycles. The first-order chi connectivity index (χ1) is 16.0. The summed E-state index contributed by atoms with van der Waals surface area (Å²) < 4.78 is 7.41. The molecule has 1 atom stereocenters. The van der Waals surface area contributed by atoms with Gasteiger partial charge in [0.25, 0.3) is 5.91 Å². The van der Waals surface area contributed by atoms with E-state index in [0.717, 1.165) is 40.6 Å². The van der Waals surface area contributed by atoms with Gasteiger partial charge >= 0.3 is 0 Å². The summed E-state index contributed by atoms with van der Waals surface area (Å²) in [6.07, 6.45) is 2.09. The van der Waals surface area contributed by atoms with Crippen LogP contribution in [0.4, 0.5) is 0 Å². The van der Waals surface area contributed by atoms with Gasteiger partial charge < -0.3 is 9.64 Å². The maximum Gasteiger partial charge on any atom is 0.272 e. The summed E-state index contributed by atoms with van der Waals surface area (Å²) in [7, 11) is 3.76. The molecule has 0 N–H and O–H groups in total. The fourth-order valence-corrected chi connectivity index (χ4v) is 4.39. The van der Waals surface area contributed by atoms with Gasteiger partial charge in [0.15, 0.2) is 0 Å². The van der Waals surface area contributed by atoms with Gasteiger partial charge in [0, 0.05) is 31.5 Å². The van der Waals surface area contributed by atoms with Crippen LogP contribution in [0.15, 0.2) is 66.9 Å². The number of imidazole rings is 1.